The SMILES string of the molecule is Cn1c(SCc2ccccc2)nnc1C1CCNCC1. The normalized spacial score (nSPS) is 16.4. The summed E-state index contributed by atoms with van der Waals surface area (Å²) >= 11 is 1.76. The molecule has 3 rings (SSSR count). The van der Waals surface area contributed by atoms with Crippen LogP contribution in [0.5, 0.6) is 0 Å². The Balaban J connectivity index is 1.67. The van der Waals surface area contributed by atoms with Crippen molar-refractivity contribution in [1.82, 2.24) is 20.1 Å². The second kappa shape index (κ2) is 6.41. The van der Waals surface area contributed by atoms with Gasteiger partial charge in [-0.25, -0.2) is 0 Å². The van der Waals surface area contributed by atoms with E-state index < -0.39 is 0 Å². The second-order valence-electron chi connectivity index (χ2n) is 5.20. The van der Waals surface area contributed by atoms with Gasteiger partial charge in [-0.15, -0.1) is 10.2 Å². The molecule has 0 bridgehead atoms. The molecule has 0 radical (unpaired) electrons. The van der Waals surface area contributed by atoms with E-state index in [9.17, 15) is 0 Å². The molecule has 2 aromatic rings. The summed E-state index contributed by atoms with van der Waals surface area (Å²) in [5, 5.41) is 13.2. The molecule has 1 aliphatic heterocycles. The summed E-state index contributed by atoms with van der Waals surface area (Å²) in [5.41, 5.74) is 1.32. The summed E-state index contributed by atoms with van der Waals surface area (Å²) in [6.07, 6.45) is 2.32. The summed E-state index contributed by atoms with van der Waals surface area (Å²) in [7, 11) is 2.09. The minimum absolute atomic E-state index is 0.555. The van der Waals surface area contributed by atoms with Crippen molar-refractivity contribution in [2.24, 2.45) is 7.05 Å². The molecule has 0 aliphatic carbocycles. The number of thioether (sulfide) groups is 1. The Bertz CT molecular complexity index is 546. The number of rotatable bonds is 4. The molecule has 1 aliphatic rings. The lowest BCUT2D eigenvalue weighted by Gasteiger charge is -2.21. The maximum absolute atomic E-state index is 4.42. The smallest absolute Gasteiger partial charge is 0.191 e. The van der Waals surface area contributed by atoms with Gasteiger partial charge in [-0.1, -0.05) is 42.1 Å². The van der Waals surface area contributed by atoms with Crippen LogP contribution in [0.25, 0.3) is 0 Å². The molecule has 1 aromatic heterocycles. The largest absolute Gasteiger partial charge is 0.317 e. The summed E-state index contributed by atoms with van der Waals surface area (Å²) in [6.45, 7) is 2.17. The maximum Gasteiger partial charge on any atom is 0.191 e. The van der Waals surface area contributed by atoms with Gasteiger partial charge in [-0.2, -0.15) is 0 Å². The minimum atomic E-state index is 0.555. The fraction of sp³-hybridized carbons (Fsp3) is 0.467. The average molecular weight is 288 g/mol. The van der Waals surface area contributed by atoms with Crippen molar-refractivity contribution in [2.75, 3.05) is 13.1 Å². The van der Waals surface area contributed by atoms with Crippen LogP contribution in [0, 0.1) is 0 Å². The van der Waals surface area contributed by atoms with Gasteiger partial charge in [0.1, 0.15) is 5.82 Å². The van der Waals surface area contributed by atoms with E-state index in [0.717, 1.165) is 42.7 Å². The lowest BCUT2D eigenvalue weighted by atomic mass is 9.97. The molecule has 0 spiro atoms. The Kier molecular flexibility index (Phi) is 4.38. The van der Waals surface area contributed by atoms with Crippen LogP contribution in [0.4, 0.5) is 0 Å². The first-order valence-corrected chi connectivity index (χ1v) is 8.10. The molecular weight excluding hydrogens is 268 g/mol. The highest BCUT2D eigenvalue weighted by atomic mass is 32.2. The first-order valence-electron chi connectivity index (χ1n) is 7.11. The minimum Gasteiger partial charge on any atom is -0.317 e. The summed E-state index contributed by atoms with van der Waals surface area (Å²) < 4.78 is 2.17. The molecule has 0 saturated carbocycles. The van der Waals surface area contributed by atoms with Gasteiger partial charge in [0, 0.05) is 18.7 Å². The number of benzene rings is 1. The fourth-order valence-corrected chi connectivity index (χ4v) is 3.48. The first-order chi connectivity index (χ1) is 9.84. The summed E-state index contributed by atoms with van der Waals surface area (Å²) in [6, 6.07) is 10.5. The van der Waals surface area contributed by atoms with Crippen molar-refractivity contribution in [3.8, 4) is 0 Å². The number of nitrogens with one attached hydrogen (secondary N) is 1. The Morgan fingerprint density at radius 3 is 2.70 bits per heavy atom. The highest BCUT2D eigenvalue weighted by molar-refractivity contribution is 7.98. The van der Waals surface area contributed by atoms with Gasteiger partial charge in [0.15, 0.2) is 5.16 Å². The van der Waals surface area contributed by atoms with E-state index in [4.69, 9.17) is 0 Å². The zero-order valence-electron chi connectivity index (χ0n) is 11.7. The number of nitrogens with zero attached hydrogens (tertiary/aromatic N) is 3. The van der Waals surface area contributed by atoms with E-state index in [-0.39, 0.29) is 0 Å². The first kappa shape index (κ1) is 13.6. The molecule has 1 aromatic carbocycles. The molecule has 20 heavy (non-hydrogen) atoms. The zero-order chi connectivity index (χ0) is 13.8. The molecule has 1 fully saturated rings. The molecule has 0 amide bonds. The van der Waals surface area contributed by atoms with Gasteiger partial charge < -0.3 is 9.88 Å². The van der Waals surface area contributed by atoms with Crippen molar-refractivity contribution >= 4 is 11.8 Å². The number of piperidine rings is 1. The van der Waals surface area contributed by atoms with Crippen LogP contribution in [0.1, 0.15) is 30.1 Å². The molecule has 106 valence electrons. The van der Waals surface area contributed by atoms with Gasteiger partial charge >= 0.3 is 0 Å². The third kappa shape index (κ3) is 3.04. The van der Waals surface area contributed by atoms with Gasteiger partial charge in [-0.05, 0) is 31.5 Å². The Morgan fingerprint density at radius 1 is 1.20 bits per heavy atom. The van der Waals surface area contributed by atoms with Crippen LogP contribution in [0.3, 0.4) is 0 Å². The lowest BCUT2D eigenvalue weighted by Crippen LogP contribution is -2.27. The lowest BCUT2D eigenvalue weighted by molar-refractivity contribution is 0.434. The van der Waals surface area contributed by atoms with Crippen molar-refractivity contribution in [3.63, 3.8) is 0 Å². The predicted molar refractivity (Wildman–Crippen MR) is 81.9 cm³/mol. The van der Waals surface area contributed by atoms with E-state index >= 15 is 0 Å². The molecule has 4 nitrogen and oxygen atoms in total. The topological polar surface area (TPSA) is 42.7 Å². The molecule has 1 saturated heterocycles. The number of hydrogen-bond donors (Lipinski definition) is 1. The van der Waals surface area contributed by atoms with Crippen LogP contribution in [0.2, 0.25) is 0 Å². The average Bonchev–Trinajstić information content (AvgIpc) is 2.88. The second-order valence-corrected chi connectivity index (χ2v) is 6.14. The van der Waals surface area contributed by atoms with E-state index in [1.165, 1.54) is 5.56 Å². The Labute approximate surface area is 124 Å². The third-order valence-corrected chi connectivity index (χ3v) is 4.88. The molecule has 1 N–H and O–H groups in total. The summed E-state index contributed by atoms with van der Waals surface area (Å²) in [5.74, 6) is 2.64. The van der Waals surface area contributed by atoms with E-state index in [2.05, 4.69) is 51.4 Å². The monoisotopic (exact) mass is 288 g/mol. The standard InChI is InChI=1S/C15H20N4S/c1-19-14(13-7-9-16-10-8-13)17-18-15(19)20-11-12-5-3-2-4-6-12/h2-6,13,16H,7-11H2,1H3. The van der Waals surface area contributed by atoms with Crippen molar-refractivity contribution in [1.29, 1.82) is 0 Å². The van der Waals surface area contributed by atoms with E-state index in [1.54, 1.807) is 11.8 Å². The van der Waals surface area contributed by atoms with Gasteiger partial charge in [0.05, 0.1) is 0 Å². The van der Waals surface area contributed by atoms with E-state index in [0.29, 0.717) is 5.92 Å². The van der Waals surface area contributed by atoms with Gasteiger partial charge in [-0.3, -0.25) is 0 Å². The predicted octanol–water partition coefficient (Wildman–Crippen LogP) is 2.57. The highest BCUT2D eigenvalue weighted by Gasteiger charge is 2.21. The molecule has 0 atom stereocenters. The number of aromatic nitrogens is 3. The Morgan fingerprint density at radius 2 is 1.95 bits per heavy atom. The zero-order valence-corrected chi connectivity index (χ0v) is 12.6. The molecular formula is C15H20N4S. The quantitative estimate of drug-likeness (QED) is 0.878. The summed E-state index contributed by atoms with van der Waals surface area (Å²) in [4.78, 5) is 0. The number of hydrogen-bond acceptors (Lipinski definition) is 4. The molecule has 0 unspecified atom stereocenters. The van der Waals surface area contributed by atoms with Crippen molar-refractivity contribution in [2.45, 2.75) is 29.7 Å². The van der Waals surface area contributed by atoms with E-state index in [1.807, 2.05) is 6.07 Å². The van der Waals surface area contributed by atoms with Crippen molar-refractivity contribution in [3.05, 3.63) is 41.7 Å². The third-order valence-electron chi connectivity index (χ3n) is 3.78. The Hall–Kier alpha value is -1.33. The van der Waals surface area contributed by atoms with Gasteiger partial charge in [0.2, 0.25) is 0 Å². The fourth-order valence-electron chi connectivity index (χ4n) is 2.61. The maximum atomic E-state index is 4.42. The molecule has 5 heteroatoms. The van der Waals surface area contributed by atoms with Crippen LogP contribution in [-0.4, -0.2) is 27.9 Å². The van der Waals surface area contributed by atoms with Gasteiger partial charge in [0.25, 0.3) is 0 Å². The highest BCUT2D eigenvalue weighted by Crippen LogP contribution is 2.27. The van der Waals surface area contributed by atoms with Crippen LogP contribution in [-0.2, 0) is 12.8 Å². The van der Waals surface area contributed by atoms with Crippen LogP contribution in [0.15, 0.2) is 35.5 Å². The van der Waals surface area contributed by atoms with Crippen molar-refractivity contribution < 1.29 is 0 Å². The van der Waals surface area contributed by atoms with Crippen LogP contribution >= 0.6 is 11.8 Å². The molecule has 2 heterocycles. The van der Waals surface area contributed by atoms with Crippen LogP contribution < -0.4 is 5.32 Å².